The van der Waals surface area contributed by atoms with Crippen molar-refractivity contribution in [2.75, 3.05) is 32.8 Å². The zero-order chi connectivity index (χ0) is 16.7. The molecule has 126 valence electrons. The lowest BCUT2D eigenvalue weighted by molar-refractivity contribution is -0.129. The number of hydrogen-bond donors (Lipinski definition) is 0. The minimum absolute atomic E-state index is 0.0922. The Morgan fingerprint density at radius 2 is 1.91 bits per heavy atom. The van der Waals surface area contributed by atoms with Gasteiger partial charge in [-0.25, -0.2) is 0 Å². The van der Waals surface area contributed by atoms with Gasteiger partial charge in [-0.1, -0.05) is 35.9 Å². The average molecular weight is 316 g/mol. The summed E-state index contributed by atoms with van der Waals surface area (Å²) in [6.07, 6.45) is 1.73. The fourth-order valence-corrected chi connectivity index (χ4v) is 2.82. The molecule has 0 radical (unpaired) electrons. The molecule has 0 aromatic heterocycles. The number of ether oxygens (including phenoxy) is 1. The molecule has 1 aromatic rings. The summed E-state index contributed by atoms with van der Waals surface area (Å²) in [5.74, 6) is 0.0922. The molecule has 0 spiro atoms. The summed E-state index contributed by atoms with van der Waals surface area (Å²) in [4.78, 5) is 17.0. The van der Waals surface area contributed by atoms with Crippen molar-refractivity contribution in [3.63, 3.8) is 0 Å². The molecule has 0 saturated carbocycles. The third kappa shape index (κ3) is 5.81. The maximum Gasteiger partial charge on any atom is 0.247 e. The van der Waals surface area contributed by atoms with E-state index in [0.29, 0.717) is 6.54 Å². The molecule has 1 amide bonds. The highest BCUT2D eigenvalue weighted by Gasteiger charge is 2.22. The van der Waals surface area contributed by atoms with Crippen LogP contribution in [0.1, 0.15) is 26.3 Å². The van der Waals surface area contributed by atoms with E-state index in [1.54, 1.807) is 6.08 Å². The third-order valence-electron chi connectivity index (χ3n) is 4.05. The average Bonchev–Trinajstić information content (AvgIpc) is 2.53. The van der Waals surface area contributed by atoms with E-state index < -0.39 is 0 Å². The van der Waals surface area contributed by atoms with Gasteiger partial charge in [0.1, 0.15) is 0 Å². The van der Waals surface area contributed by atoms with Crippen LogP contribution in [0.2, 0.25) is 0 Å². The second-order valence-corrected chi connectivity index (χ2v) is 6.44. The van der Waals surface area contributed by atoms with Gasteiger partial charge >= 0.3 is 0 Å². The number of carbonyl (C=O) groups is 1. The summed E-state index contributed by atoms with van der Waals surface area (Å²) in [5, 5.41) is 0. The monoisotopic (exact) mass is 316 g/mol. The van der Waals surface area contributed by atoms with Crippen molar-refractivity contribution in [1.29, 1.82) is 0 Å². The second-order valence-electron chi connectivity index (χ2n) is 6.44. The molecular weight excluding hydrogens is 288 g/mol. The number of amides is 1. The van der Waals surface area contributed by atoms with Gasteiger partial charge in [-0.15, -0.1) is 0 Å². The summed E-state index contributed by atoms with van der Waals surface area (Å²) < 4.78 is 5.41. The molecule has 1 aromatic carbocycles. The molecule has 1 heterocycles. The van der Waals surface area contributed by atoms with Gasteiger partial charge in [0.25, 0.3) is 0 Å². The van der Waals surface area contributed by atoms with Crippen LogP contribution >= 0.6 is 0 Å². The summed E-state index contributed by atoms with van der Waals surface area (Å²) in [6.45, 7) is 11.1. The fourth-order valence-electron chi connectivity index (χ4n) is 2.82. The predicted octanol–water partition coefficient (Wildman–Crippen LogP) is 2.70. The van der Waals surface area contributed by atoms with Crippen LogP contribution in [-0.4, -0.2) is 54.6 Å². The molecule has 4 nitrogen and oxygen atoms in total. The van der Waals surface area contributed by atoms with Gasteiger partial charge in [0, 0.05) is 38.3 Å². The van der Waals surface area contributed by atoms with Gasteiger partial charge in [0.05, 0.1) is 13.2 Å². The fraction of sp³-hybridized carbons (Fsp3) is 0.526. The highest BCUT2D eigenvalue weighted by atomic mass is 16.5. The van der Waals surface area contributed by atoms with Crippen LogP contribution in [0, 0.1) is 0 Å². The van der Waals surface area contributed by atoms with Gasteiger partial charge < -0.3 is 9.64 Å². The van der Waals surface area contributed by atoms with Crippen LogP contribution in [0.3, 0.4) is 0 Å². The highest BCUT2D eigenvalue weighted by Crippen LogP contribution is 2.12. The predicted molar refractivity (Wildman–Crippen MR) is 93.1 cm³/mol. The topological polar surface area (TPSA) is 32.8 Å². The van der Waals surface area contributed by atoms with Crippen LogP contribution in [0.5, 0.6) is 0 Å². The maximum atomic E-state index is 12.6. The van der Waals surface area contributed by atoms with Crippen LogP contribution in [-0.2, 0) is 16.1 Å². The number of hydrogen-bond acceptors (Lipinski definition) is 3. The first kappa shape index (κ1) is 17.7. The Balaban J connectivity index is 2.07. The lowest BCUT2D eigenvalue weighted by Gasteiger charge is -2.34. The Labute approximate surface area is 139 Å². The standard InChI is InChI=1S/C19H28N2O2/c1-16(2)13-19(22)21(15-18-7-5-4-6-8-18)17(3)14-20-9-11-23-12-10-20/h4-8,13,17H,9-12,14-15H2,1-3H3. The maximum absolute atomic E-state index is 12.6. The van der Waals surface area contributed by atoms with Crippen molar-refractivity contribution >= 4 is 5.91 Å². The van der Waals surface area contributed by atoms with E-state index in [1.165, 1.54) is 0 Å². The van der Waals surface area contributed by atoms with E-state index in [9.17, 15) is 4.79 Å². The number of morpholine rings is 1. The Kier molecular flexibility index (Phi) is 6.81. The third-order valence-corrected chi connectivity index (χ3v) is 4.05. The Hall–Kier alpha value is -1.65. The highest BCUT2D eigenvalue weighted by molar-refractivity contribution is 5.88. The lowest BCUT2D eigenvalue weighted by atomic mass is 10.1. The van der Waals surface area contributed by atoms with Crippen LogP contribution in [0.4, 0.5) is 0 Å². The lowest BCUT2D eigenvalue weighted by Crippen LogP contribution is -2.47. The zero-order valence-corrected chi connectivity index (χ0v) is 14.5. The van der Waals surface area contributed by atoms with E-state index >= 15 is 0 Å². The molecule has 1 atom stereocenters. The molecule has 23 heavy (non-hydrogen) atoms. The molecule has 2 rings (SSSR count). The van der Waals surface area contributed by atoms with Crippen molar-refractivity contribution in [3.8, 4) is 0 Å². The van der Waals surface area contributed by atoms with E-state index in [-0.39, 0.29) is 11.9 Å². The second kappa shape index (κ2) is 8.85. The van der Waals surface area contributed by atoms with Crippen molar-refractivity contribution in [3.05, 3.63) is 47.5 Å². The Bertz CT molecular complexity index is 517. The molecule has 0 bridgehead atoms. The Morgan fingerprint density at radius 3 is 2.52 bits per heavy atom. The zero-order valence-electron chi connectivity index (χ0n) is 14.5. The first-order valence-corrected chi connectivity index (χ1v) is 8.36. The first-order chi connectivity index (χ1) is 11.1. The van der Waals surface area contributed by atoms with Gasteiger partial charge in [-0.2, -0.15) is 0 Å². The van der Waals surface area contributed by atoms with Crippen LogP contribution in [0.25, 0.3) is 0 Å². The SMILES string of the molecule is CC(C)=CC(=O)N(Cc1ccccc1)C(C)CN1CCOCC1. The van der Waals surface area contributed by atoms with E-state index in [2.05, 4.69) is 24.0 Å². The minimum Gasteiger partial charge on any atom is -0.379 e. The quantitative estimate of drug-likeness (QED) is 0.757. The molecule has 0 aliphatic carbocycles. The molecule has 1 unspecified atom stereocenters. The smallest absolute Gasteiger partial charge is 0.247 e. The molecule has 1 aliphatic rings. The first-order valence-electron chi connectivity index (χ1n) is 8.36. The van der Waals surface area contributed by atoms with Gasteiger partial charge in [0.2, 0.25) is 5.91 Å². The Morgan fingerprint density at radius 1 is 1.26 bits per heavy atom. The van der Waals surface area contributed by atoms with Crippen LogP contribution < -0.4 is 0 Å². The van der Waals surface area contributed by atoms with Gasteiger partial charge in [-0.3, -0.25) is 9.69 Å². The summed E-state index contributed by atoms with van der Waals surface area (Å²) >= 11 is 0. The molecule has 0 N–H and O–H groups in total. The van der Waals surface area contributed by atoms with Crippen molar-refractivity contribution in [2.24, 2.45) is 0 Å². The van der Waals surface area contributed by atoms with Crippen molar-refractivity contribution in [2.45, 2.75) is 33.4 Å². The molecule has 1 fully saturated rings. The summed E-state index contributed by atoms with van der Waals surface area (Å²) in [6, 6.07) is 10.4. The summed E-state index contributed by atoms with van der Waals surface area (Å²) in [7, 11) is 0. The van der Waals surface area contributed by atoms with E-state index in [1.807, 2.05) is 36.9 Å². The largest absolute Gasteiger partial charge is 0.379 e. The number of carbonyl (C=O) groups excluding carboxylic acids is 1. The normalized spacial score (nSPS) is 16.7. The molecule has 4 heteroatoms. The van der Waals surface area contributed by atoms with Crippen molar-refractivity contribution in [1.82, 2.24) is 9.80 Å². The van der Waals surface area contributed by atoms with Crippen LogP contribution in [0.15, 0.2) is 42.0 Å². The number of benzene rings is 1. The number of allylic oxidation sites excluding steroid dienone is 1. The molecule has 1 saturated heterocycles. The van der Waals surface area contributed by atoms with E-state index in [0.717, 1.165) is 44.0 Å². The number of nitrogens with zero attached hydrogens (tertiary/aromatic N) is 2. The van der Waals surface area contributed by atoms with Gasteiger partial charge in [-0.05, 0) is 26.3 Å². The van der Waals surface area contributed by atoms with Crippen molar-refractivity contribution < 1.29 is 9.53 Å². The molecule has 1 aliphatic heterocycles. The number of rotatable bonds is 6. The molecular formula is C19H28N2O2. The minimum atomic E-state index is 0.0922. The summed E-state index contributed by atoms with van der Waals surface area (Å²) in [5.41, 5.74) is 2.20. The van der Waals surface area contributed by atoms with E-state index in [4.69, 9.17) is 4.74 Å². The van der Waals surface area contributed by atoms with Gasteiger partial charge in [0.15, 0.2) is 0 Å².